The summed E-state index contributed by atoms with van der Waals surface area (Å²) in [6, 6.07) is 1.15. The lowest BCUT2D eigenvalue weighted by atomic mass is 9.98. The van der Waals surface area contributed by atoms with Gasteiger partial charge < -0.3 is 9.47 Å². The maximum Gasteiger partial charge on any atom is 0.195 e. The summed E-state index contributed by atoms with van der Waals surface area (Å²) in [7, 11) is 2.20. The van der Waals surface area contributed by atoms with Crippen LogP contribution in [0.4, 0.5) is 0 Å². The minimum atomic E-state index is 0.522. The molecule has 1 fully saturated rings. The Labute approximate surface area is 108 Å². The van der Waals surface area contributed by atoms with E-state index in [0.717, 1.165) is 30.0 Å². The third kappa shape index (κ3) is 2.60. The van der Waals surface area contributed by atoms with Gasteiger partial charge in [-0.15, -0.1) is 0 Å². The van der Waals surface area contributed by atoms with Gasteiger partial charge in [0.15, 0.2) is 4.77 Å². The molecule has 0 radical (unpaired) electrons. The van der Waals surface area contributed by atoms with E-state index in [-0.39, 0.29) is 0 Å². The largest absolute Gasteiger partial charge is 0.304 e. The molecule has 0 amide bonds. The molecule has 1 aromatic heterocycles. The molecule has 0 bridgehead atoms. The molecule has 17 heavy (non-hydrogen) atoms. The number of aryl methyl sites for hydroxylation is 1. The Bertz CT molecular complexity index is 422. The van der Waals surface area contributed by atoms with Crippen molar-refractivity contribution in [1.82, 2.24) is 19.7 Å². The Balaban J connectivity index is 2.22. The second-order valence-electron chi connectivity index (χ2n) is 5.07. The number of hydrogen-bond acceptors (Lipinski definition) is 3. The Morgan fingerprint density at radius 3 is 2.94 bits per heavy atom. The first-order chi connectivity index (χ1) is 8.13. The van der Waals surface area contributed by atoms with E-state index in [4.69, 9.17) is 12.2 Å². The number of H-pyrrole nitrogens is 1. The van der Waals surface area contributed by atoms with Crippen LogP contribution in [0.5, 0.6) is 0 Å². The average molecular weight is 254 g/mol. The van der Waals surface area contributed by atoms with Gasteiger partial charge in [0.2, 0.25) is 0 Å². The first-order valence-corrected chi connectivity index (χ1v) is 6.90. The quantitative estimate of drug-likeness (QED) is 0.842. The number of aromatic nitrogens is 3. The van der Waals surface area contributed by atoms with Crippen LogP contribution in [0.2, 0.25) is 0 Å². The molecular weight excluding hydrogens is 232 g/mol. The van der Waals surface area contributed by atoms with Crippen molar-refractivity contribution in [2.24, 2.45) is 0 Å². The summed E-state index contributed by atoms with van der Waals surface area (Å²) in [4.78, 5) is 2.42. The SMILES string of the molecule is CCCc1n[nH]c(=S)n1C1CCN(C)C(C)C1. The Hall–Kier alpha value is -0.680. The van der Waals surface area contributed by atoms with Gasteiger partial charge in [0.05, 0.1) is 0 Å². The van der Waals surface area contributed by atoms with Crippen molar-refractivity contribution >= 4 is 12.2 Å². The van der Waals surface area contributed by atoms with E-state index < -0.39 is 0 Å². The predicted octanol–water partition coefficient (Wildman–Crippen LogP) is 2.55. The number of likely N-dealkylation sites (tertiary alicyclic amines) is 1. The van der Waals surface area contributed by atoms with Gasteiger partial charge in [-0.1, -0.05) is 6.92 Å². The topological polar surface area (TPSA) is 36.9 Å². The number of aromatic amines is 1. The molecule has 2 heterocycles. The van der Waals surface area contributed by atoms with Crippen LogP contribution < -0.4 is 0 Å². The zero-order valence-electron chi connectivity index (χ0n) is 10.9. The average Bonchev–Trinajstić information content (AvgIpc) is 2.65. The maximum absolute atomic E-state index is 5.37. The lowest BCUT2D eigenvalue weighted by molar-refractivity contribution is 0.154. The van der Waals surface area contributed by atoms with Crippen molar-refractivity contribution < 1.29 is 0 Å². The fourth-order valence-electron chi connectivity index (χ4n) is 2.61. The number of hydrogen-bond donors (Lipinski definition) is 1. The molecular formula is C12H22N4S. The van der Waals surface area contributed by atoms with Gasteiger partial charge in [-0.3, -0.25) is 5.10 Å². The molecule has 0 aliphatic carbocycles. The van der Waals surface area contributed by atoms with Gasteiger partial charge in [0.1, 0.15) is 5.82 Å². The van der Waals surface area contributed by atoms with Crippen molar-refractivity contribution in [2.45, 2.75) is 51.6 Å². The second kappa shape index (κ2) is 5.31. The summed E-state index contributed by atoms with van der Waals surface area (Å²) in [6.45, 7) is 5.61. The number of piperidine rings is 1. The fourth-order valence-corrected chi connectivity index (χ4v) is 2.91. The van der Waals surface area contributed by atoms with Crippen LogP contribution in [-0.4, -0.2) is 39.3 Å². The van der Waals surface area contributed by atoms with Crippen LogP contribution >= 0.6 is 12.2 Å². The van der Waals surface area contributed by atoms with E-state index >= 15 is 0 Å². The summed E-state index contributed by atoms with van der Waals surface area (Å²) < 4.78 is 3.04. The standard InChI is InChI=1S/C12H22N4S/c1-4-5-11-13-14-12(17)16(11)10-6-7-15(3)9(2)8-10/h9-10H,4-8H2,1-3H3,(H,14,17). The summed E-state index contributed by atoms with van der Waals surface area (Å²) in [5, 5.41) is 7.30. The minimum Gasteiger partial charge on any atom is -0.304 e. The summed E-state index contributed by atoms with van der Waals surface area (Å²) >= 11 is 5.37. The predicted molar refractivity (Wildman–Crippen MR) is 71.8 cm³/mol. The molecule has 1 aliphatic heterocycles. The van der Waals surface area contributed by atoms with E-state index in [9.17, 15) is 0 Å². The third-order valence-corrected chi connectivity index (χ3v) is 4.08. The van der Waals surface area contributed by atoms with Crippen molar-refractivity contribution in [2.75, 3.05) is 13.6 Å². The van der Waals surface area contributed by atoms with E-state index in [2.05, 4.69) is 40.6 Å². The van der Waals surface area contributed by atoms with Gasteiger partial charge in [0, 0.05) is 25.0 Å². The highest BCUT2D eigenvalue weighted by molar-refractivity contribution is 7.71. The van der Waals surface area contributed by atoms with Crippen LogP contribution in [0.25, 0.3) is 0 Å². The molecule has 0 spiro atoms. The Morgan fingerprint density at radius 1 is 1.53 bits per heavy atom. The first kappa shape index (κ1) is 12.8. The third-order valence-electron chi connectivity index (χ3n) is 3.80. The van der Waals surface area contributed by atoms with Gasteiger partial charge in [-0.25, -0.2) is 0 Å². The highest BCUT2D eigenvalue weighted by atomic mass is 32.1. The highest BCUT2D eigenvalue weighted by Crippen LogP contribution is 2.27. The summed E-state index contributed by atoms with van der Waals surface area (Å²) in [5.41, 5.74) is 0. The number of nitrogens with one attached hydrogen (secondary N) is 1. The smallest absolute Gasteiger partial charge is 0.195 e. The lowest BCUT2D eigenvalue weighted by Gasteiger charge is -2.35. The minimum absolute atomic E-state index is 0.522. The number of rotatable bonds is 3. The normalized spacial score (nSPS) is 26.3. The molecule has 0 saturated carbocycles. The molecule has 4 nitrogen and oxygen atoms in total. The van der Waals surface area contributed by atoms with Gasteiger partial charge in [-0.2, -0.15) is 5.10 Å². The zero-order valence-corrected chi connectivity index (χ0v) is 11.8. The van der Waals surface area contributed by atoms with E-state index in [0.29, 0.717) is 12.1 Å². The van der Waals surface area contributed by atoms with Crippen LogP contribution in [0.3, 0.4) is 0 Å². The van der Waals surface area contributed by atoms with Crippen molar-refractivity contribution in [3.8, 4) is 0 Å². The van der Waals surface area contributed by atoms with Gasteiger partial charge >= 0.3 is 0 Å². The molecule has 0 aromatic carbocycles. The monoisotopic (exact) mass is 254 g/mol. The van der Waals surface area contributed by atoms with E-state index in [1.165, 1.54) is 12.8 Å². The molecule has 2 unspecified atom stereocenters. The van der Waals surface area contributed by atoms with Crippen LogP contribution in [0.15, 0.2) is 0 Å². The van der Waals surface area contributed by atoms with Gasteiger partial charge in [0.25, 0.3) is 0 Å². The number of nitrogens with zero attached hydrogens (tertiary/aromatic N) is 3. The molecule has 1 aromatic rings. The maximum atomic E-state index is 5.37. The molecule has 1 N–H and O–H groups in total. The molecule has 1 saturated heterocycles. The molecule has 96 valence electrons. The van der Waals surface area contributed by atoms with Crippen LogP contribution in [0.1, 0.15) is 45.0 Å². The zero-order chi connectivity index (χ0) is 12.4. The van der Waals surface area contributed by atoms with Crippen LogP contribution in [-0.2, 0) is 6.42 Å². The molecule has 1 aliphatic rings. The second-order valence-corrected chi connectivity index (χ2v) is 5.46. The lowest BCUT2D eigenvalue weighted by Crippen LogP contribution is -2.38. The summed E-state index contributed by atoms with van der Waals surface area (Å²) in [5.74, 6) is 1.12. The van der Waals surface area contributed by atoms with Gasteiger partial charge in [-0.05, 0) is 45.5 Å². The Kier molecular flexibility index (Phi) is 3.99. The molecule has 2 atom stereocenters. The molecule has 5 heteroatoms. The Morgan fingerprint density at radius 2 is 2.29 bits per heavy atom. The highest BCUT2D eigenvalue weighted by Gasteiger charge is 2.26. The van der Waals surface area contributed by atoms with Crippen molar-refractivity contribution in [1.29, 1.82) is 0 Å². The first-order valence-electron chi connectivity index (χ1n) is 6.49. The van der Waals surface area contributed by atoms with Crippen LogP contribution in [0, 0.1) is 4.77 Å². The van der Waals surface area contributed by atoms with Crippen molar-refractivity contribution in [3.63, 3.8) is 0 Å². The van der Waals surface area contributed by atoms with Crippen molar-refractivity contribution in [3.05, 3.63) is 10.6 Å². The molecule has 2 rings (SSSR count). The fraction of sp³-hybridized carbons (Fsp3) is 0.833. The van der Waals surface area contributed by atoms with E-state index in [1.54, 1.807) is 0 Å². The summed E-state index contributed by atoms with van der Waals surface area (Å²) in [6.07, 6.45) is 4.46. The van der Waals surface area contributed by atoms with E-state index in [1.807, 2.05) is 0 Å².